The molecule has 2 heteroatoms. The van der Waals surface area contributed by atoms with Crippen LogP contribution in [0.2, 0.25) is 0 Å². The lowest BCUT2D eigenvalue weighted by molar-refractivity contribution is 0.595. The number of benzene rings is 1. The van der Waals surface area contributed by atoms with Crippen molar-refractivity contribution in [2.24, 2.45) is 10.4 Å². The van der Waals surface area contributed by atoms with E-state index in [9.17, 15) is 0 Å². The van der Waals surface area contributed by atoms with E-state index >= 15 is 0 Å². The average molecular weight is 186 g/mol. The van der Waals surface area contributed by atoms with Crippen molar-refractivity contribution in [3.05, 3.63) is 30.3 Å². The van der Waals surface area contributed by atoms with Gasteiger partial charge < -0.3 is 0 Å². The van der Waals surface area contributed by atoms with Crippen molar-refractivity contribution >= 4 is 11.4 Å². The number of hydrogen-bond acceptors (Lipinski definition) is 2. The second-order valence-corrected chi connectivity index (χ2v) is 4.16. The molecule has 1 aromatic rings. The quantitative estimate of drug-likeness (QED) is 0.620. The first-order valence-corrected chi connectivity index (χ1v) is 4.58. The summed E-state index contributed by atoms with van der Waals surface area (Å²) < 4.78 is 0. The van der Waals surface area contributed by atoms with Crippen LogP contribution in [0.3, 0.4) is 0 Å². The molecule has 0 saturated heterocycles. The van der Waals surface area contributed by atoms with E-state index in [2.05, 4.69) is 11.1 Å². The Balaban J connectivity index is 3.04. The first-order chi connectivity index (χ1) is 6.54. The minimum absolute atomic E-state index is 0.190. The van der Waals surface area contributed by atoms with E-state index in [1.807, 2.05) is 51.1 Å². The molecule has 0 amide bonds. The van der Waals surface area contributed by atoms with Gasteiger partial charge >= 0.3 is 0 Å². The highest BCUT2D eigenvalue weighted by Crippen LogP contribution is 2.20. The first kappa shape index (κ1) is 10.5. The van der Waals surface area contributed by atoms with Gasteiger partial charge in [0, 0.05) is 5.41 Å². The zero-order valence-corrected chi connectivity index (χ0v) is 8.78. The molecule has 0 atom stereocenters. The molecular weight excluding hydrogens is 172 g/mol. The molecule has 0 unspecified atom stereocenters. The minimum atomic E-state index is -0.190. The van der Waals surface area contributed by atoms with E-state index in [1.165, 1.54) is 0 Å². The molecule has 0 aliphatic heterocycles. The van der Waals surface area contributed by atoms with Crippen LogP contribution in [0, 0.1) is 16.7 Å². The van der Waals surface area contributed by atoms with E-state index in [0.717, 1.165) is 5.69 Å². The molecule has 0 aromatic heterocycles. The van der Waals surface area contributed by atoms with Gasteiger partial charge in [0.2, 0.25) is 0 Å². The molecule has 0 heterocycles. The highest BCUT2D eigenvalue weighted by atomic mass is 14.8. The first-order valence-electron chi connectivity index (χ1n) is 4.58. The fourth-order valence-corrected chi connectivity index (χ4v) is 0.992. The number of rotatable bonds is 1. The monoisotopic (exact) mass is 186 g/mol. The van der Waals surface area contributed by atoms with Gasteiger partial charge in [-0.05, 0) is 12.1 Å². The molecule has 0 saturated carbocycles. The summed E-state index contributed by atoms with van der Waals surface area (Å²) in [5.41, 5.74) is 1.20. The van der Waals surface area contributed by atoms with Crippen LogP contribution < -0.4 is 0 Å². The van der Waals surface area contributed by atoms with Crippen molar-refractivity contribution in [1.29, 1.82) is 5.26 Å². The maximum absolute atomic E-state index is 8.94. The third-order valence-corrected chi connectivity index (χ3v) is 1.81. The molecule has 72 valence electrons. The number of aliphatic imine (C=N–C) groups is 1. The van der Waals surface area contributed by atoms with Crippen LogP contribution in [-0.2, 0) is 0 Å². The summed E-state index contributed by atoms with van der Waals surface area (Å²) in [6.07, 6.45) is 0. The fourth-order valence-electron chi connectivity index (χ4n) is 0.992. The lowest BCUT2D eigenvalue weighted by Crippen LogP contribution is -2.17. The maximum Gasteiger partial charge on any atom is 0.123 e. The van der Waals surface area contributed by atoms with Gasteiger partial charge in [-0.15, -0.1) is 0 Å². The number of para-hydroxylation sites is 1. The Hall–Kier alpha value is -1.62. The molecule has 0 radical (unpaired) electrons. The lowest BCUT2D eigenvalue weighted by atomic mass is 9.91. The van der Waals surface area contributed by atoms with Crippen molar-refractivity contribution in [3.63, 3.8) is 0 Å². The summed E-state index contributed by atoms with van der Waals surface area (Å²) in [6, 6.07) is 11.7. The van der Waals surface area contributed by atoms with Crippen LogP contribution in [0.1, 0.15) is 20.8 Å². The Kier molecular flexibility index (Phi) is 3.03. The summed E-state index contributed by atoms with van der Waals surface area (Å²) in [4.78, 5) is 4.30. The van der Waals surface area contributed by atoms with Crippen LogP contribution in [0.15, 0.2) is 35.3 Å². The van der Waals surface area contributed by atoms with E-state index in [4.69, 9.17) is 5.26 Å². The van der Waals surface area contributed by atoms with Gasteiger partial charge in [0.05, 0.1) is 5.69 Å². The van der Waals surface area contributed by atoms with Gasteiger partial charge in [0.15, 0.2) is 0 Å². The summed E-state index contributed by atoms with van der Waals surface area (Å²) in [7, 11) is 0. The second-order valence-electron chi connectivity index (χ2n) is 4.16. The molecule has 1 aromatic carbocycles. The van der Waals surface area contributed by atoms with Crippen LogP contribution in [0.25, 0.3) is 0 Å². The van der Waals surface area contributed by atoms with Gasteiger partial charge in [-0.3, -0.25) is 0 Å². The van der Waals surface area contributed by atoms with Gasteiger partial charge in [0.25, 0.3) is 0 Å². The maximum atomic E-state index is 8.94. The van der Waals surface area contributed by atoms with Crippen molar-refractivity contribution in [3.8, 4) is 6.07 Å². The average Bonchev–Trinajstić information content (AvgIpc) is 2.14. The third kappa shape index (κ3) is 2.70. The van der Waals surface area contributed by atoms with E-state index in [-0.39, 0.29) is 5.41 Å². The predicted molar refractivity (Wildman–Crippen MR) is 58.6 cm³/mol. The molecule has 2 nitrogen and oxygen atoms in total. The summed E-state index contributed by atoms with van der Waals surface area (Å²) in [5.74, 6) is 0. The zero-order valence-electron chi connectivity index (χ0n) is 8.78. The molecule has 0 spiro atoms. The molecule has 0 aliphatic rings. The predicted octanol–water partition coefficient (Wildman–Crippen LogP) is 3.33. The van der Waals surface area contributed by atoms with E-state index in [1.54, 1.807) is 0 Å². The van der Waals surface area contributed by atoms with Gasteiger partial charge in [-0.2, -0.15) is 5.26 Å². The van der Waals surface area contributed by atoms with Crippen molar-refractivity contribution in [1.82, 2.24) is 0 Å². The third-order valence-electron chi connectivity index (χ3n) is 1.81. The zero-order chi connectivity index (χ0) is 10.6. The number of nitriles is 1. The van der Waals surface area contributed by atoms with Crippen molar-refractivity contribution in [2.45, 2.75) is 20.8 Å². The van der Waals surface area contributed by atoms with E-state index < -0.39 is 0 Å². The largest absolute Gasteiger partial charge is 0.242 e. The van der Waals surface area contributed by atoms with Gasteiger partial charge in [-0.25, -0.2) is 4.99 Å². The molecule has 0 bridgehead atoms. The summed E-state index contributed by atoms with van der Waals surface area (Å²) in [6.45, 7) is 5.95. The molecular formula is C12H14N2. The Morgan fingerprint density at radius 1 is 1.21 bits per heavy atom. The highest BCUT2D eigenvalue weighted by molar-refractivity contribution is 6.03. The number of nitrogens with zero attached hydrogens (tertiary/aromatic N) is 2. The van der Waals surface area contributed by atoms with Crippen LogP contribution in [0.4, 0.5) is 5.69 Å². The second kappa shape index (κ2) is 4.06. The van der Waals surface area contributed by atoms with Crippen molar-refractivity contribution < 1.29 is 0 Å². The Morgan fingerprint density at radius 2 is 1.79 bits per heavy atom. The molecule has 0 N–H and O–H groups in total. The van der Waals surface area contributed by atoms with Crippen LogP contribution >= 0.6 is 0 Å². The fraction of sp³-hybridized carbons (Fsp3) is 0.333. The van der Waals surface area contributed by atoms with Crippen LogP contribution in [-0.4, -0.2) is 5.71 Å². The SMILES string of the molecule is CC(C)(C)C(C#N)=Nc1ccccc1. The molecule has 1 rings (SSSR count). The summed E-state index contributed by atoms with van der Waals surface area (Å²) in [5, 5.41) is 8.94. The van der Waals surface area contributed by atoms with E-state index in [0.29, 0.717) is 5.71 Å². The Labute approximate surface area is 84.9 Å². The smallest absolute Gasteiger partial charge is 0.123 e. The molecule has 0 fully saturated rings. The minimum Gasteiger partial charge on any atom is -0.242 e. The van der Waals surface area contributed by atoms with Gasteiger partial charge in [0.1, 0.15) is 11.8 Å². The molecule has 14 heavy (non-hydrogen) atoms. The Morgan fingerprint density at radius 3 is 2.21 bits per heavy atom. The normalized spacial score (nSPS) is 12.3. The summed E-state index contributed by atoms with van der Waals surface area (Å²) >= 11 is 0. The topological polar surface area (TPSA) is 36.1 Å². The van der Waals surface area contributed by atoms with Gasteiger partial charge in [-0.1, -0.05) is 39.0 Å². The Bertz CT molecular complexity index is 364. The number of hydrogen-bond donors (Lipinski definition) is 0. The van der Waals surface area contributed by atoms with Crippen LogP contribution in [0.5, 0.6) is 0 Å². The molecule has 0 aliphatic carbocycles. The highest BCUT2D eigenvalue weighted by Gasteiger charge is 2.18. The van der Waals surface area contributed by atoms with Crippen molar-refractivity contribution in [2.75, 3.05) is 0 Å². The standard InChI is InChI=1S/C12H14N2/c1-12(2,3)11(9-13)14-10-7-5-4-6-8-10/h4-8H,1-3H3. The lowest BCUT2D eigenvalue weighted by Gasteiger charge is -2.15.